The van der Waals surface area contributed by atoms with Crippen molar-refractivity contribution in [2.75, 3.05) is 6.54 Å². The van der Waals surface area contributed by atoms with Gasteiger partial charge in [0.2, 0.25) is 0 Å². The minimum atomic E-state index is 0.0407. The number of thiophene rings is 1. The summed E-state index contributed by atoms with van der Waals surface area (Å²) in [6, 6.07) is 7.02. The van der Waals surface area contributed by atoms with Crippen molar-refractivity contribution in [3.63, 3.8) is 0 Å². The topological polar surface area (TPSA) is 53.0 Å². The van der Waals surface area contributed by atoms with Crippen LogP contribution >= 0.6 is 22.9 Å². The lowest BCUT2D eigenvalue weighted by Gasteiger charge is -2.33. The minimum absolute atomic E-state index is 0.0407. The summed E-state index contributed by atoms with van der Waals surface area (Å²) >= 11 is 7.61. The van der Waals surface area contributed by atoms with Gasteiger partial charge in [0.1, 0.15) is 0 Å². The maximum Gasteiger partial charge on any atom is 0.0931 e. The van der Waals surface area contributed by atoms with E-state index in [1.807, 2.05) is 13.0 Å². The van der Waals surface area contributed by atoms with Crippen LogP contribution in [0.3, 0.4) is 0 Å². The Bertz CT molecular complexity index is 434. The zero-order valence-electron chi connectivity index (χ0n) is 10.5. The van der Waals surface area contributed by atoms with Gasteiger partial charge < -0.3 is 5.73 Å². The quantitative estimate of drug-likeness (QED) is 0.872. The first-order valence-electron chi connectivity index (χ1n) is 6.27. The third-order valence-electron chi connectivity index (χ3n) is 3.24. The summed E-state index contributed by atoms with van der Waals surface area (Å²) in [5.41, 5.74) is 6.16. The molecule has 2 N–H and O–H groups in total. The van der Waals surface area contributed by atoms with Gasteiger partial charge in [-0.25, -0.2) is 0 Å². The highest BCUT2D eigenvalue weighted by atomic mass is 35.5. The Morgan fingerprint density at radius 2 is 2.33 bits per heavy atom. The summed E-state index contributed by atoms with van der Waals surface area (Å²) in [6.07, 6.45) is 2.99. The highest BCUT2D eigenvalue weighted by molar-refractivity contribution is 7.16. The molecule has 0 saturated heterocycles. The van der Waals surface area contributed by atoms with E-state index in [2.05, 4.69) is 17.0 Å². The Hall–Kier alpha value is -0.600. The molecule has 0 aliphatic heterocycles. The first kappa shape index (κ1) is 13.8. The normalized spacial score (nSPS) is 18.6. The van der Waals surface area contributed by atoms with Crippen molar-refractivity contribution in [3.05, 3.63) is 21.3 Å². The Labute approximate surface area is 117 Å². The van der Waals surface area contributed by atoms with Gasteiger partial charge in [0.15, 0.2) is 0 Å². The molecule has 0 aromatic carbocycles. The minimum Gasteiger partial charge on any atom is -0.326 e. The molecule has 0 amide bonds. The fourth-order valence-corrected chi connectivity index (χ4v) is 3.64. The van der Waals surface area contributed by atoms with E-state index in [0.29, 0.717) is 12.5 Å². The molecular formula is C13H18ClN3S. The van der Waals surface area contributed by atoms with Crippen LogP contribution in [0.1, 0.15) is 37.1 Å². The summed E-state index contributed by atoms with van der Waals surface area (Å²) < 4.78 is 0.798. The number of nitrogens with two attached hydrogens (primary N) is 1. The van der Waals surface area contributed by atoms with E-state index in [-0.39, 0.29) is 12.1 Å². The van der Waals surface area contributed by atoms with Crippen molar-refractivity contribution in [2.45, 2.75) is 44.3 Å². The Kier molecular flexibility index (Phi) is 4.63. The second kappa shape index (κ2) is 6.03. The molecule has 1 aliphatic rings. The van der Waals surface area contributed by atoms with Crippen molar-refractivity contribution in [1.82, 2.24) is 4.90 Å². The van der Waals surface area contributed by atoms with E-state index in [9.17, 15) is 0 Å². The highest BCUT2D eigenvalue weighted by Gasteiger charge is 2.36. The van der Waals surface area contributed by atoms with Gasteiger partial charge in [0.25, 0.3) is 0 Å². The summed E-state index contributed by atoms with van der Waals surface area (Å²) in [5, 5.41) is 8.79. The van der Waals surface area contributed by atoms with Gasteiger partial charge in [0, 0.05) is 29.9 Å². The van der Waals surface area contributed by atoms with Gasteiger partial charge >= 0.3 is 0 Å². The molecule has 3 nitrogen and oxygen atoms in total. The van der Waals surface area contributed by atoms with Crippen LogP contribution in [-0.2, 0) is 0 Å². The third-order valence-corrected chi connectivity index (χ3v) is 4.54. The van der Waals surface area contributed by atoms with Gasteiger partial charge in [-0.2, -0.15) is 5.26 Å². The molecule has 1 aromatic rings. The fraction of sp³-hybridized carbons (Fsp3) is 0.615. The summed E-state index contributed by atoms with van der Waals surface area (Å²) in [4.78, 5) is 3.59. The second-order valence-electron chi connectivity index (χ2n) is 4.82. The maximum absolute atomic E-state index is 8.79. The second-order valence-corrected chi connectivity index (χ2v) is 6.57. The molecule has 2 atom stereocenters. The molecular weight excluding hydrogens is 266 g/mol. The van der Waals surface area contributed by atoms with Crippen LogP contribution in [0, 0.1) is 11.3 Å². The largest absolute Gasteiger partial charge is 0.326 e. The van der Waals surface area contributed by atoms with Gasteiger partial charge in [-0.05, 0) is 31.9 Å². The Balaban J connectivity index is 2.19. The molecule has 0 radical (unpaired) electrons. The van der Waals surface area contributed by atoms with E-state index in [4.69, 9.17) is 22.6 Å². The predicted molar refractivity (Wildman–Crippen MR) is 75.7 cm³/mol. The third kappa shape index (κ3) is 3.24. The molecule has 1 fully saturated rings. The first-order chi connectivity index (χ1) is 8.63. The van der Waals surface area contributed by atoms with Crippen molar-refractivity contribution in [2.24, 2.45) is 5.73 Å². The number of hydrogen-bond donors (Lipinski definition) is 1. The van der Waals surface area contributed by atoms with E-state index < -0.39 is 0 Å². The van der Waals surface area contributed by atoms with Gasteiger partial charge in [0.05, 0.1) is 16.4 Å². The van der Waals surface area contributed by atoms with Crippen LogP contribution < -0.4 is 5.73 Å². The molecule has 1 aliphatic carbocycles. The number of hydrogen-bond acceptors (Lipinski definition) is 4. The van der Waals surface area contributed by atoms with E-state index in [0.717, 1.165) is 10.9 Å². The predicted octanol–water partition coefficient (Wildman–Crippen LogP) is 3.17. The van der Waals surface area contributed by atoms with Crippen LogP contribution in [0.4, 0.5) is 0 Å². The molecule has 18 heavy (non-hydrogen) atoms. The van der Waals surface area contributed by atoms with E-state index in [1.165, 1.54) is 17.7 Å². The van der Waals surface area contributed by atoms with Gasteiger partial charge in [-0.3, -0.25) is 4.90 Å². The van der Waals surface area contributed by atoms with E-state index in [1.54, 1.807) is 11.3 Å². The molecule has 2 unspecified atom stereocenters. The van der Waals surface area contributed by atoms with Crippen LogP contribution in [0.15, 0.2) is 12.1 Å². The molecule has 5 heteroatoms. The van der Waals surface area contributed by atoms with Crippen molar-refractivity contribution < 1.29 is 0 Å². The molecule has 1 aromatic heterocycles. The number of nitriles is 1. The lowest BCUT2D eigenvalue weighted by Crippen LogP contribution is -2.41. The zero-order chi connectivity index (χ0) is 13.1. The fourth-order valence-electron chi connectivity index (χ4n) is 2.35. The average Bonchev–Trinajstić information content (AvgIpc) is 3.07. The average molecular weight is 284 g/mol. The molecule has 0 bridgehead atoms. The molecule has 98 valence electrons. The smallest absolute Gasteiger partial charge is 0.0931 e. The molecule has 0 spiro atoms. The monoisotopic (exact) mass is 283 g/mol. The molecule has 1 heterocycles. The van der Waals surface area contributed by atoms with Crippen molar-refractivity contribution in [3.8, 4) is 6.07 Å². The van der Waals surface area contributed by atoms with Gasteiger partial charge in [-0.1, -0.05) is 11.6 Å². The SMILES string of the molecule is CC(N)C(c1ccc(Cl)s1)N(CCC#N)C1CC1. The lowest BCUT2D eigenvalue weighted by molar-refractivity contribution is 0.173. The molecule has 2 rings (SSSR count). The highest BCUT2D eigenvalue weighted by Crippen LogP contribution is 2.38. The van der Waals surface area contributed by atoms with E-state index >= 15 is 0 Å². The summed E-state index contributed by atoms with van der Waals surface area (Å²) in [7, 11) is 0. The maximum atomic E-state index is 8.79. The van der Waals surface area contributed by atoms with Crippen LogP contribution in [0.5, 0.6) is 0 Å². The lowest BCUT2D eigenvalue weighted by atomic mass is 10.1. The van der Waals surface area contributed by atoms with Crippen molar-refractivity contribution in [1.29, 1.82) is 5.26 Å². The van der Waals surface area contributed by atoms with Crippen LogP contribution in [0.2, 0.25) is 4.34 Å². The zero-order valence-corrected chi connectivity index (χ0v) is 12.0. The summed E-state index contributed by atoms with van der Waals surface area (Å²) in [5.74, 6) is 0. The number of nitrogens with zero attached hydrogens (tertiary/aromatic N) is 2. The molecule has 1 saturated carbocycles. The summed E-state index contributed by atoms with van der Waals surface area (Å²) in [6.45, 7) is 2.82. The Morgan fingerprint density at radius 3 is 2.78 bits per heavy atom. The van der Waals surface area contributed by atoms with Crippen molar-refractivity contribution >= 4 is 22.9 Å². The van der Waals surface area contributed by atoms with Gasteiger partial charge in [-0.15, -0.1) is 11.3 Å². The number of halogens is 1. The number of rotatable bonds is 6. The van der Waals surface area contributed by atoms with Crippen LogP contribution in [-0.4, -0.2) is 23.5 Å². The Morgan fingerprint density at radius 1 is 1.61 bits per heavy atom. The first-order valence-corrected chi connectivity index (χ1v) is 7.46. The standard InChI is InChI=1S/C13H18ClN3S/c1-9(16)13(11-5-6-12(14)18-11)17(8-2-7-15)10-3-4-10/h5-6,9-10,13H,2-4,8,16H2,1H3. The van der Waals surface area contributed by atoms with Crippen LogP contribution in [0.25, 0.3) is 0 Å².